The average molecular weight is 276 g/mol. The van der Waals surface area contributed by atoms with Crippen molar-refractivity contribution in [2.24, 2.45) is 7.05 Å². The molecule has 0 radical (unpaired) electrons. The van der Waals surface area contributed by atoms with Gasteiger partial charge in [-0.25, -0.2) is 4.98 Å². The van der Waals surface area contributed by atoms with Crippen LogP contribution in [0.3, 0.4) is 0 Å². The van der Waals surface area contributed by atoms with Crippen molar-refractivity contribution < 1.29 is 4.42 Å². The van der Waals surface area contributed by atoms with Gasteiger partial charge in [-0.15, -0.1) is 0 Å². The first-order valence-electron chi connectivity index (χ1n) is 6.02. The number of nitrogens with zero attached hydrogens (tertiary/aromatic N) is 2. The van der Waals surface area contributed by atoms with Crippen molar-refractivity contribution >= 4 is 22.6 Å². The van der Waals surface area contributed by atoms with E-state index in [0.29, 0.717) is 5.02 Å². The largest absolute Gasteiger partial charge is 0.457 e. The van der Waals surface area contributed by atoms with Crippen LogP contribution < -0.4 is 5.32 Å². The number of para-hydroxylation sites is 1. The molecule has 0 spiro atoms. The summed E-state index contributed by atoms with van der Waals surface area (Å²) >= 11 is 6.13. The minimum atomic E-state index is -0.0790. The number of hydrogen-bond donors (Lipinski definition) is 1. The summed E-state index contributed by atoms with van der Waals surface area (Å²) in [4.78, 5) is 4.36. The van der Waals surface area contributed by atoms with E-state index in [1.165, 1.54) is 0 Å². The van der Waals surface area contributed by atoms with Gasteiger partial charge in [-0.05, 0) is 19.2 Å². The molecule has 0 bridgehead atoms. The van der Waals surface area contributed by atoms with E-state index in [2.05, 4.69) is 10.3 Å². The van der Waals surface area contributed by atoms with Crippen LogP contribution in [0.1, 0.15) is 17.5 Å². The van der Waals surface area contributed by atoms with Gasteiger partial charge in [-0.2, -0.15) is 0 Å². The van der Waals surface area contributed by atoms with Crippen molar-refractivity contribution in [2.75, 3.05) is 7.05 Å². The number of rotatable bonds is 3. The number of furan rings is 1. The van der Waals surface area contributed by atoms with Gasteiger partial charge in [0.15, 0.2) is 5.58 Å². The van der Waals surface area contributed by atoms with Crippen LogP contribution in [0.15, 0.2) is 41.2 Å². The van der Waals surface area contributed by atoms with Crippen molar-refractivity contribution in [1.82, 2.24) is 14.9 Å². The Bertz CT molecular complexity index is 716. The highest BCUT2D eigenvalue weighted by Crippen LogP contribution is 2.31. The van der Waals surface area contributed by atoms with Gasteiger partial charge in [0.25, 0.3) is 0 Å². The normalized spacial score (nSPS) is 13.0. The molecule has 1 unspecified atom stereocenters. The van der Waals surface area contributed by atoms with Crippen molar-refractivity contribution in [3.05, 3.63) is 53.3 Å². The van der Waals surface area contributed by atoms with Crippen LogP contribution in [0.2, 0.25) is 5.02 Å². The van der Waals surface area contributed by atoms with E-state index >= 15 is 0 Å². The molecule has 0 aliphatic heterocycles. The molecular formula is C14H14ClN3O. The van der Waals surface area contributed by atoms with Gasteiger partial charge in [0, 0.05) is 18.6 Å². The van der Waals surface area contributed by atoms with Gasteiger partial charge in [0.1, 0.15) is 11.8 Å². The second-order valence-corrected chi connectivity index (χ2v) is 4.90. The van der Waals surface area contributed by atoms with E-state index < -0.39 is 0 Å². The Kier molecular flexibility index (Phi) is 3.05. The summed E-state index contributed by atoms with van der Waals surface area (Å²) in [6.45, 7) is 0. The highest BCUT2D eigenvalue weighted by atomic mass is 35.5. The quantitative estimate of drug-likeness (QED) is 0.799. The lowest BCUT2D eigenvalue weighted by Gasteiger charge is -2.10. The summed E-state index contributed by atoms with van der Waals surface area (Å²) < 4.78 is 7.78. The molecule has 5 heteroatoms. The van der Waals surface area contributed by atoms with Crippen LogP contribution in [0.4, 0.5) is 0 Å². The molecule has 3 aromatic rings. The molecule has 0 amide bonds. The molecular weight excluding hydrogens is 262 g/mol. The van der Waals surface area contributed by atoms with Crippen molar-refractivity contribution in [3.8, 4) is 0 Å². The van der Waals surface area contributed by atoms with Gasteiger partial charge in [-0.1, -0.05) is 23.7 Å². The summed E-state index contributed by atoms with van der Waals surface area (Å²) in [5, 5.41) is 4.84. The third-order valence-electron chi connectivity index (χ3n) is 3.11. The summed E-state index contributed by atoms with van der Waals surface area (Å²) in [6, 6.07) is 7.65. The zero-order chi connectivity index (χ0) is 13.4. The number of halogens is 1. The van der Waals surface area contributed by atoms with Gasteiger partial charge >= 0.3 is 0 Å². The molecule has 4 nitrogen and oxygen atoms in total. The van der Waals surface area contributed by atoms with E-state index in [0.717, 1.165) is 22.4 Å². The summed E-state index contributed by atoms with van der Waals surface area (Å²) in [5.74, 6) is 0.810. The molecule has 1 aromatic carbocycles. The molecule has 0 aliphatic rings. The van der Waals surface area contributed by atoms with Gasteiger partial charge in [0.05, 0.1) is 17.0 Å². The Balaban J connectivity index is 2.09. The molecule has 0 fully saturated rings. The van der Waals surface area contributed by atoms with Crippen LogP contribution >= 0.6 is 11.6 Å². The number of aromatic nitrogens is 2. The summed E-state index contributed by atoms with van der Waals surface area (Å²) in [5.41, 5.74) is 1.63. The lowest BCUT2D eigenvalue weighted by Crippen LogP contribution is -2.17. The number of imidazole rings is 1. The number of nitrogens with one attached hydrogen (secondary N) is 1. The fourth-order valence-corrected chi connectivity index (χ4v) is 2.43. The predicted octanol–water partition coefficient (Wildman–Crippen LogP) is 3.13. The Morgan fingerprint density at radius 2 is 2.26 bits per heavy atom. The summed E-state index contributed by atoms with van der Waals surface area (Å²) in [6.07, 6.45) is 3.74. The van der Waals surface area contributed by atoms with E-state index in [1.807, 2.05) is 49.1 Å². The number of fused-ring (bicyclic) bond motifs is 1. The third kappa shape index (κ3) is 2.13. The molecule has 3 rings (SSSR count). The standard InChI is InChI=1S/C14H14ClN3O/c1-16-13(11-7-18(2)8-17-11)12-6-9-4-3-5-10(15)14(9)19-12/h3-8,13,16H,1-2H3. The Hall–Kier alpha value is -1.78. The topological polar surface area (TPSA) is 43.0 Å². The SMILES string of the molecule is CNC(c1cn(C)cn1)c1cc2cccc(Cl)c2o1. The smallest absolute Gasteiger partial charge is 0.152 e. The highest BCUT2D eigenvalue weighted by molar-refractivity contribution is 6.34. The Morgan fingerprint density at radius 3 is 2.89 bits per heavy atom. The number of benzene rings is 1. The second-order valence-electron chi connectivity index (χ2n) is 4.49. The third-order valence-corrected chi connectivity index (χ3v) is 3.41. The summed E-state index contributed by atoms with van der Waals surface area (Å²) in [7, 11) is 3.83. The van der Waals surface area contributed by atoms with E-state index in [9.17, 15) is 0 Å². The van der Waals surface area contributed by atoms with Crippen LogP contribution in [-0.2, 0) is 7.05 Å². The first-order valence-corrected chi connectivity index (χ1v) is 6.40. The fourth-order valence-electron chi connectivity index (χ4n) is 2.21. The highest BCUT2D eigenvalue weighted by Gasteiger charge is 2.19. The van der Waals surface area contributed by atoms with Crippen molar-refractivity contribution in [1.29, 1.82) is 0 Å². The van der Waals surface area contributed by atoms with Gasteiger partial charge in [0.2, 0.25) is 0 Å². The van der Waals surface area contributed by atoms with Crippen LogP contribution in [0, 0.1) is 0 Å². The lowest BCUT2D eigenvalue weighted by atomic mass is 10.1. The Morgan fingerprint density at radius 1 is 1.42 bits per heavy atom. The molecule has 2 aromatic heterocycles. The van der Waals surface area contributed by atoms with E-state index in [4.69, 9.17) is 16.0 Å². The van der Waals surface area contributed by atoms with Crippen LogP contribution in [0.5, 0.6) is 0 Å². The van der Waals surface area contributed by atoms with Crippen molar-refractivity contribution in [3.63, 3.8) is 0 Å². The fraction of sp³-hybridized carbons (Fsp3) is 0.214. The lowest BCUT2D eigenvalue weighted by molar-refractivity contribution is 0.486. The van der Waals surface area contributed by atoms with Crippen LogP contribution in [0.25, 0.3) is 11.0 Å². The zero-order valence-electron chi connectivity index (χ0n) is 10.7. The molecule has 1 atom stereocenters. The minimum Gasteiger partial charge on any atom is -0.457 e. The van der Waals surface area contributed by atoms with E-state index in [-0.39, 0.29) is 6.04 Å². The number of aryl methyl sites for hydroxylation is 1. The average Bonchev–Trinajstić information content (AvgIpc) is 2.98. The molecule has 19 heavy (non-hydrogen) atoms. The predicted molar refractivity (Wildman–Crippen MR) is 75.3 cm³/mol. The number of hydrogen-bond acceptors (Lipinski definition) is 3. The first-order chi connectivity index (χ1) is 9.19. The maximum Gasteiger partial charge on any atom is 0.152 e. The second kappa shape index (κ2) is 4.72. The van der Waals surface area contributed by atoms with Gasteiger partial charge < -0.3 is 14.3 Å². The van der Waals surface area contributed by atoms with E-state index in [1.54, 1.807) is 6.33 Å². The zero-order valence-corrected chi connectivity index (χ0v) is 11.5. The molecule has 98 valence electrons. The molecule has 2 heterocycles. The maximum atomic E-state index is 6.13. The van der Waals surface area contributed by atoms with Crippen LogP contribution in [-0.4, -0.2) is 16.6 Å². The molecule has 1 N–H and O–H groups in total. The minimum absolute atomic E-state index is 0.0790. The van der Waals surface area contributed by atoms with Gasteiger partial charge in [-0.3, -0.25) is 0 Å². The molecule has 0 saturated carbocycles. The monoisotopic (exact) mass is 275 g/mol. The maximum absolute atomic E-state index is 6.13. The molecule has 0 saturated heterocycles. The first kappa shape index (κ1) is 12.3. The van der Waals surface area contributed by atoms with Crippen molar-refractivity contribution in [2.45, 2.75) is 6.04 Å². The molecule has 0 aliphatic carbocycles. The Labute approximate surface area is 116 Å².